The Morgan fingerprint density at radius 2 is 1.77 bits per heavy atom. The highest BCUT2D eigenvalue weighted by Gasteiger charge is 2.20. The van der Waals surface area contributed by atoms with Gasteiger partial charge < -0.3 is 5.73 Å². The average molecular weight is 383 g/mol. The number of halogens is 1. The molecule has 0 fully saturated rings. The number of hydrogen-bond acceptors (Lipinski definition) is 3. The van der Waals surface area contributed by atoms with Crippen molar-refractivity contribution in [1.29, 1.82) is 0 Å². The first-order valence-corrected chi connectivity index (χ1v) is 8.68. The zero-order chi connectivity index (χ0) is 16.5. The van der Waals surface area contributed by atoms with Crippen LogP contribution in [0, 0.1) is 13.8 Å². The molecule has 2 rings (SSSR count). The summed E-state index contributed by atoms with van der Waals surface area (Å²) in [6.45, 7) is 3.51. The third-order valence-corrected chi connectivity index (χ3v) is 5.54. The topological polar surface area (TPSA) is 89.3 Å². The molecule has 0 bridgehead atoms. The van der Waals surface area contributed by atoms with Crippen molar-refractivity contribution in [2.24, 2.45) is 5.73 Å². The number of nitrogens with two attached hydrogens (primary N) is 1. The Hall–Kier alpha value is -1.86. The SMILES string of the molecule is Cc1cc(S(=O)(=O)Nc2ccccc2C(N)=O)c(C)cc1Br. The van der Waals surface area contributed by atoms with Crippen molar-refractivity contribution < 1.29 is 13.2 Å². The minimum atomic E-state index is -3.82. The van der Waals surface area contributed by atoms with Crippen molar-refractivity contribution >= 4 is 37.5 Å². The molecule has 0 heterocycles. The van der Waals surface area contributed by atoms with Crippen LogP contribution in [0.2, 0.25) is 0 Å². The van der Waals surface area contributed by atoms with Crippen LogP contribution in [0.4, 0.5) is 5.69 Å². The van der Waals surface area contributed by atoms with E-state index in [0.717, 1.165) is 10.0 Å². The zero-order valence-electron chi connectivity index (χ0n) is 12.1. The maximum Gasteiger partial charge on any atom is 0.262 e. The Balaban J connectivity index is 2.50. The van der Waals surface area contributed by atoms with Gasteiger partial charge in [0.1, 0.15) is 0 Å². The molecule has 0 spiro atoms. The van der Waals surface area contributed by atoms with Gasteiger partial charge in [-0.05, 0) is 49.2 Å². The van der Waals surface area contributed by atoms with Crippen molar-refractivity contribution in [3.05, 3.63) is 57.6 Å². The van der Waals surface area contributed by atoms with E-state index in [1.807, 2.05) is 0 Å². The Bertz CT molecular complexity index is 848. The Kier molecular flexibility index (Phi) is 4.58. The summed E-state index contributed by atoms with van der Waals surface area (Å²) >= 11 is 3.37. The zero-order valence-corrected chi connectivity index (χ0v) is 14.5. The van der Waals surface area contributed by atoms with E-state index in [-0.39, 0.29) is 16.1 Å². The number of nitrogens with one attached hydrogen (secondary N) is 1. The van der Waals surface area contributed by atoms with E-state index in [2.05, 4.69) is 20.7 Å². The van der Waals surface area contributed by atoms with Crippen LogP contribution in [0.3, 0.4) is 0 Å². The number of rotatable bonds is 4. The first kappa shape index (κ1) is 16.5. The van der Waals surface area contributed by atoms with Crippen molar-refractivity contribution in [2.45, 2.75) is 18.7 Å². The lowest BCUT2D eigenvalue weighted by Crippen LogP contribution is -2.19. The standard InChI is InChI=1S/C15H15BrN2O3S/c1-9-8-14(10(2)7-12(9)16)22(20,21)18-13-6-4-3-5-11(13)15(17)19/h3-8,18H,1-2H3,(H2,17,19). The summed E-state index contributed by atoms with van der Waals surface area (Å²) in [6.07, 6.45) is 0. The molecule has 7 heteroatoms. The van der Waals surface area contributed by atoms with Crippen LogP contribution in [0.15, 0.2) is 45.8 Å². The number of primary amides is 1. The Labute approximate surface area is 137 Å². The summed E-state index contributed by atoms with van der Waals surface area (Å²) in [6, 6.07) is 9.54. The molecule has 1 amide bonds. The van der Waals surface area contributed by atoms with Gasteiger partial charge in [-0.3, -0.25) is 9.52 Å². The number of sulfonamides is 1. The molecule has 2 aromatic carbocycles. The summed E-state index contributed by atoms with van der Waals surface area (Å²) in [5, 5.41) is 0. The van der Waals surface area contributed by atoms with Gasteiger partial charge in [0.15, 0.2) is 0 Å². The van der Waals surface area contributed by atoms with Crippen LogP contribution >= 0.6 is 15.9 Å². The number of benzene rings is 2. The van der Waals surface area contributed by atoms with Gasteiger partial charge in [0.25, 0.3) is 15.9 Å². The van der Waals surface area contributed by atoms with Gasteiger partial charge in [0.05, 0.1) is 16.1 Å². The largest absolute Gasteiger partial charge is 0.366 e. The molecule has 0 unspecified atom stereocenters. The molecule has 0 aliphatic carbocycles. The van der Waals surface area contributed by atoms with Gasteiger partial charge in [-0.15, -0.1) is 0 Å². The Morgan fingerprint density at radius 3 is 2.41 bits per heavy atom. The maximum absolute atomic E-state index is 12.6. The van der Waals surface area contributed by atoms with Gasteiger partial charge in [0, 0.05) is 4.47 Å². The number of amides is 1. The van der Waals surface area contributed by atoms with E-state index < -0.39 is 15.9 Å². The average Bonchev–Trinajstić information content (AvgIpc) is 2.42. The first-order valence-electron chi connectivity index (χ1n) is 6.41. The van der Waals surface area contributed by atoms with E-state index in [9.17, 15) is 13.2 Å². The number of carbonyl (C=O) groups is 1. The second kappa shape index (κ2) is 6.10. The molecule has 0 aromatic heterocycles. The first-order chi connectivity index (χ1) is 10.2. The molecule has 22 heavy (non-hydrogen) atoms. The summed E-state index contributed by atoms with van der Waals surface area (Å²) < 4.78 is 28.4. The summed E-state index contributed by atoms with van der Waals surface area (Å²) in [5.41, 5.74) is 6.95. The van der Waals surface area contributed by atoms with E-state index in [1.54, 1.807) is 38.1 Å². The van der Waals surface area contributed by atoms with Gasteiger partial charge in [0.2, 0.25) is 0 Å². The lowest BCUT2D eigenvalue weighted by Gasteiger charge is -2.13. The predicted molar refractivity (Wildman–Crippen MR) is 89.4 cm³/mol. The molecular weight excluding hydrogens is 368 g/mol. The minimum Gasteiger partial charge on any atom is -0.366 e. The fourth-order valence-corrected chi connectivity index (χ4v) is 3.88. The Morgan fingerprint density at radius 1 is 1.14 bits per heavy atom. The van der Waals surface area contributed by atoms with Gasteiger partial charge in [-0.25, -0.2) is 8.42 Å². The van der Waals surface area contributed by atoms with Crippen LogP contribution < -0.4 is 10.5 Å². The monoisotopic (exact) mass is 382 g/mol. The molecule has 2 aromatic rings. The molecule has 0 saturated carbocycles. The third-order valence-electron chi connectivity index (χ3n) is 3.18. The van der Waals surface area contributed by atoms with Crippen molar-refractivity contribution in [3.63, 3.8) is 0 Å². The lowest BCUT2D eigenvalue weighted by molar-refractivity contribution is 0.100. The molecular formula is C15H15BrN2O3S. The van der Waals surface area contributed by atoms with Gasteiger partial charge in [-0.1, -0.05) is 28.1 Å². The molecule has 116 valence electrons. The van der Waals surface area contributed by atoms with Gasteiger partial charge in [-0.2, -0.15) is 0 Å². The van der Waals surface area contributed by atoms with Crippen molar-refractivity contribution in [3.8, 4) is 0 Å². The summed E-state index contributed by atoms with van der Waals surface area (Å²) in [7, 11) is -3.82. The molecule has 0 saturated heterocycles. The van der Waals surface area contributed by atoms with E-state index in [1.165, 1.54) is 12.1 Å². The molecule has 5 nitrogen and oxygen atoms in total. The lowest BCUT2D eigenvalue weighted by atomic mass is 10.2. The summed E-state index contributed by atoms with van der Waals surface area (Å²) in [5.74, 6) is -0.693. The highest BCUT2D eigenvalue weighted by atomic mass is 79.9. The number of anilines is 1. The highest BCUT2D eigenvalue weighted by Crippen LogP contribution is 2.26. The highest BCUT2D eigenvalue weighted by molar-refractivity contribution is 9.10. The number of aryl methyl sites for hydroxylation is 2. The molecule has 0 radical (unpaired) electrons. The third kappa shape index (κ3) is 3.31. The normalized spacial score (nSPS) is 11.2. The molecule has 0 aliphatic rings. The smallest absolute Gasteiger partial charge is 0.262 e. The molecule has 3 N–H and O–H groups in total. The fourth-order valence-electron chi connectivity index (χ4n) is 2.03. The van der Waals surface area contributed by atoms with Crippen LogP contribution in [-0.4, -0.2) is 14.3 Å². The van der Waals surface area contributed by atoms with E-state index >= 15 is 0 Å². The minimum absolute atomic E-state index is 0.123. The number of hydrogen-bond donors (Lipinski definition) is 2. The van der Waals surface area contributed by atoms with Crippen LogP contribution in [0.5, 0.6) is 0 Å². The van der Waals surface area contributed by atoms with Crippen LogP contribution in [-0.2, 0) is 10.0 Å². The second-order valence-corrected chi connectivity index (χ2v) is 7.39. The molecule has 0 aliphatic heterocycles. The fraction of sp³-hybridized carbons (Fsp3) is 0.133. The van der Waals surface area contributed by atoms with Crippen molar-refractivity contribution in [2.75, 3.05) is 4.72 Å². The van der Waals surface area contributed by atoms with E-state index in [4.69, 9.17) is 5.73 Å². The number of carbonyl (C=O) groups excluding carboxylic acids is 1. The van der Waals surface area contributed by atoms with Crippen LogP contribution in [0.1, 0.15) is 21.5 Å². The van der Waals surface area contributed by atoms with Crippen molar-refractivity contribution in [1.82, 2.24) is 0 Å². The maximum atomic E-state index is 12.6. The predicted octanol–water partition coefficient (Wildman–Crippen LogP) is 2.97. The second-order valence-electron chi connectivity index (χ2n) is 4.88. The number of para-hydroxylation sites is 1. The molecule has 0 atom stereocenters. The van der Waals surface area contributed by atoms with Crippen LogP contribution in [0.25, 0.3) is 0 Å². The summed E-state index contributed by atoms with van der Waals surface area (Å²) in [4.78, 5) is 11.6. The van der Waals surface area contributed by atoms with Gasteiger partial charge >= 0.3 is 0 Å². The van der Waals surface area contributed by atoms with E-state index in [0.29, 0.717) is 5.56 Å². The quantitative estimate of drug-likeness (QED) is 0.851.